The monoisotopic (exact) mass is 434 g/mol. The van der Waals surface area contributed by atoms with Crippen LogP contribution in [-0.4, -0.2) is 36.7 Å². The van der Waals surface area contributed by atoms with Gasteiger partial charge in [-0.2, -0.15) is 5.10 Å². The summed E-state index contributed by atoms with van der Waals surface area (Å²) in [5.74, 6) is -1.74. The summed E-state index contributed by atoms with van der Waals surface area (Å²) in [6.45, 7) is 2.43. The third-order valence-electron chi connectivity index (χ3n) is 5.31. The van der Waals surface area contributed by atoms with Gasteiger partial charge in [-0.15, -0.1) is 0 Å². The quantitative estimate of drug-likeness (QED) is 0.683. The van der Waals surface area contributed by atoms with Crippen molar-refractivity contribution in [1.82, 2.24) is 14.3 Å². The summed E-state index contributed by atoms with van der Waals surface area (Å²) < 4.78 is 54.6. The number of hydrogen-bond donors (Lipinski definition) is 1. The molecular weight excluding hydrogens is 414 g/mol. The SMILES string of the molecule is Cc1c(N2CCC[C@@H]2c2cc(F)ccc2F)ccn2ncc(C(=O)NS(C)(=O)=O)c12. The van der Waals surface area contributed by atoms with Gasteiger partial charge in [-0.25, -0.2) is 26.4 Å². The molecule has 3 heterocycles. The number of carbonyl (C=O) groups is 1. The zero-order valence-electron chi connectivity index (χ0n) is 16.4. The van der Waals surface area contributed by atoms with E-state index in [0.717, 1.165) is 30.5 Å². The number of hydrogen-bond acceptors (Lipinski definition) is 5. The number of nitrogens with zero attached hydrogens (tertiary/aromatic N) is 3. The van der Waals surface area contributed by atoms with Crippen LogP contribution < -0.4 is 9.62 Å². The highest BCUT2D eigenvalue weighted by molar-refractivity contribution is 7.89. The van der Waals surface area contributed by atoms with Crippen molar-refractivity contribution < 1.29 is 22.0 Å². The average molecular weight is 434 g/mol. The highest BCUT2D eigenvalue weighted by Crippen LogP contribution is 2.39. The molecule has 0 unspecified atom stereocenters. The van der Waals surface area contributed by atoms with Crippen LogP contribution in [0.25, 0.3) is 5.52 Å². The summed E-state index contributed by atoms with van der Waals surface area (Å²) in [5, 5.41) is 4.13. The number of benzene rings is 1. The molecular formula is C20H20F2N4O3S. The Kier molecular flexibility index (Phi) is 4.97. The van der Waals surface area contributed by atoms with Gasteiger partial charge >= 0.3 is 0 Å². The van der Waals surface area contributed by atoms with E-state index >= 15 is 0 Å². The van der Waals surface area contributed by atoms with E-state index in [9.17, 15) is 22.0 Å². The molecule has 1 aliphatic heterocycles. The van der Waals surface area contributed by atoms with Gasteiger partial charge in [0.1, 0.15) is 11.6 Å². The minimum atomic E-state index is -3.73. The molecule has 1 amide bonds. The molecule has 1 saturated heterocycles. The first-order valence-corrected chi connectivity index (χ1v) is 11.3. The van der Waals surface area contributed by atoms with Crippen LogP contribution in [0.1, 0.15) is 40.4 Å². The topological polar surface area (TPSA) is 83.8 Å². The number of sulfonamides is 1. The molecule has 7 nitrogen and oxygen atoms in total. The summed E-state index contributed by atoms with van der Waals surface area (Å²) in [4.78, 5) is 14.4. The van der Waals surface area contributed by atoms with Crippen molar-refractivity contribution in [2.45, 2.75) is 25.8 Å². The standard InChI is InChI=1S/C20H20F2N4O3S/c1-12-17(25-8-3-4-18(25)14-10-13(21)5-6-16(14)22)7-9-26-19(12)15(11-23-26)20(27)24-30(2,28)29/h5-7,9-11,18H,3-4,8H2,1-2H3,(H,24,27)/t18-/m1/s1. The molecule has 0 spiro atoms. The largest absolute Gasteiger partial charge is 0.364 e. The number of fused-ring (bicyclic) bond motifs is 1. The van der Waals surface area contributed by atoms with Crippen LogP contribution in [0, 0.1) is 18.6 Å². The molecule has 30 heavy (non-hydrogen) atoms. The van der Waals surface area contributed by atoms with Gasteiger partial charge in [0.15, 0.2) is 0 Å². The van der Waals surface area contributed by atoms with Gasteiger partial charge < -0.3 is 4.90 Å². The molecule has 2 aromatic heterocycles. The van der Waals surface area contributed by atoms with Crippen LogP contribution in [0.5, 0.6) is 0 Å². The van der Waals surface area contributed by atoms with Crippen LogP contribution in [0.2, 0.25) is 0 Å². The fourth-order valence-electron chi connectivity index (χ4n) is 4.09. The van der Waals surface area contributed by atoms with Crippen LogP contribution in [0.4, 0.5) is 14.5 Å². The Morgan fingerprint density at radius 3 is 2.77 bits per heavy atom. The van der Waals surface area contributed by atoms with Crippen LogP contribution in [-0.2, 0) is 10.0 Å². The maximum Gasteiger partial charge on any atom is 0.268 e. The minimum Gasteiger partial charge on any atom is -0.364 e. The Hall–Kier alpha value is -3.01. The van der Waals surface area contributed by atoms with Gasteiger partial charge in [0.25, 0.3) is 5.91 Å². The number of halogens is 2. The number of anilines is 1. The summed E-state index contributed by atoms with van der Waals surface area (Å²) >= 11 is 0. The number of pyridine rings is 1. The summed E-state index contributed by atoms with van der Waals surface area (Å²) in [6, 6.07) is 4.90. The summed E-state index contributed by atoms with van der Waals surface area (Å²) in [6.07, 6.45) is 5.32. The van der Waals surface area contributed by atoms with Gasteiger partial charge in [-0.3, -0.25) is 4.79 Å². The number of nitrogens with one attached hydrogen (secondary N) is 1. The molecule has 1 atom stereocenters. The van der Waals surface area contributed by atoms with Crippen molar-refractivity contribution in [3.05, 3.63) is 65.0 Å². The van der Waals surface area contributed by atoms with Gasteiger partial charge in [-0.05, 0) is 49.6 Å². The van der Waals surface area contributed by atoms with E-state index in [1.54, 1.807) is 13.1 Å². The van der Waals surface area contributed by atoms with E-state index in [4.69, 9.17) is 0 Å². The van der Waals surface area contributed by atoms with Crippen LogP contribution in [0.3, 0.4) is 0 Å². The Morgan fingerprint density at radius 1 is 1.27 bits per heavy atom. The second-order valence-electron chi connectivity index (χ2n) is 7.40. The lowest BCUT2D eigenvalue weighted by molar-refractivity contribution is 0.0983. The van der Waals surface area contributed by atoms with Crippen molar-refractivity contribution in [2.24, 2.45) is 0 Å². The highest BCUT2D eigenvalue weighted by atomic mass is 32.2. The second kappa shape index (κ2) is 7.35. The lowest BCUT2D eigenvalue weighted by Gasteiger charge is -2.29. The Balaban J connectivity index is 1.79. The Morgan fingerprint density at radius 2 is 2.03 bits per heavy atom. The average Bonchev–Trinajstić information content (AvgIpc) is 3.30. The molecule has 0 radical (unpaired) electrons. The van der Waals surface area contributed by atoms with Gasteiger partial charge in [0, 0.05) is 24.0 Å². The van der Waals surface area contributed by atoms with E-state index in [1.807, 2.05) is 15.7 Å². The maximum absolute atomic E-state index is 14.4. The van der Waals surface area contributed by atoms with E-state index < -0.39 is 27.6 Å². The highest BCUT2D eigenvalue weighted by Gasteiger charge is 2.31. The molecule has 0 aliphatic carbocycles. The normalized spacial score (nSPS) is 16.9. The molecule has 1 N–H and O–H groups in total. The summed E-state index contributed by atoms with van der Waals surface area (Å²) in [5.41, 5.74) is 2.31. The molecule has 158 valence electrons. The molecule has 4 rings (SSSR count). The second-order valence-corrected chi connectivity index (χ2v) is 9.15. The van der Waals surface area contributed by atoms with E-state index in [1.165, 1.54) is 16.8 Å². The predicted molar refractivity (Wildman–Crippen MR) is 108 cm³/mol. The van der Waals surface area contributed by atoms with Gasteiger partial charge in [-0.1, -0.05) is 0 Å². The van der Waals surface area contributed by atoms with E-state index in [2.05, 4.69) is 5.10 Å². The maximum atomic E-state index is 14.4. The van der Waals surface area contributed by atoms with Gasteiger partial charge in [0.2, 0.25) is 10.0 Å². The van der Waals surface area contributed by atoms with Crippen molar-refractivity contribution in [1.29, 1.82) is 0 Å². The first kappa shape index (κ1) is 20.3. The zero-order chi connectivity index (χ0) is 21.6. The lowest BCUT2D eigenvalue weighted by Crippen LogP contribution is -2.29. The number of amides is 1. The number of aromatic nitrogens is 2. The molecule has 1 aromatic carbocycles. The zero-order valence-corrected chi connectivity index (χ0v) is 17.2. The van der Waals surface area contributed by atoms with Crippen LogP contribution >= 0.6 is 0 Å². The molecule has 1 fully saturated rings. The Bertz CT molecular complexity index is 1260. The fourth-order valence-corrected chi connectivity index (χ4v) is 4.53. The third-order valence-corrected chi connectivity index (χ3v) is 5.87. The molecule has 0 saturated carbocycles. The molecule has 0 bridgehead atoms. The van der Waals surface area contributed by atoms with Gasteiger partial charge in [0.05, 0.1) is 29.6 Å². The minimum absolute atomic E-state index is 0.118. The fraction of sp³-hybridized carbons (Fsp3) is 0.300. The van der Waals surface area contributed by atoms with Crippen LogP contribution in [0.15, 0.2) is 36.7 Å². The van der Waals surface area contributed by atoms with Crippen molar-refractivity contribution in [3.63, 3.8) is 0 Å². The van der Waals surface area contributed by atoms with Crippen molar-refractivity contribution in [2.75, 3.05) is 17.7 Å². The number of rotatable bonds is 4. The molecule has 3 aromatic rings. The van der Waals surface area contributed by atoms with Crippen molar-refractivity contribution >= 4 is 27.1 Å². The summed E-state index contributed by atoms with van der Waals surface area (Å²) in [7, 11) is -3.73. The lowest BCUT2D eigenvalue weighted by atomic mass is 10.0. The van der Waals surface area contributed by atoms with E-state index in [0.29, 0.717) is 24.0 Å². The molecule has 10 heteroatoms. The first-order chi connectivity index (χ1) is 14.2. The molecule has 1 aliphatic rings. The number of carbonyl (C=O) groups excluding carboxylic acids is 1. The van der Waals surface area contributed by atoms with E-state index in [-0.39, 0.29) is 17.2 Å². The number of aryl methyl sites for hydroxylation is 1. The Labute approximate surface area is 172 Å². The van der Waals surface area contributed by atoms with Crippen molar-refractivity contribution in [3.8, 4) is 0 Å². The predicted octanol–water partition coefficient (Wildman–Crippen LogP) is 2.95. The third kappa shape index (κ3) is 3.62. The first-order valence-electron chi connectivity index (χ1n) is 9.36. The smallest absolute Gasteiger partial charge is 0.268 e.